The van der Waals surface area contributed by atoms with Crippen LogP contribution in [0.1, 0.15) is 43.2 Å². The number of carbonyl (C=O) groups is 3. The van der Waals surface area contributed by atoms with Gasteiger partial charge in [0.25, 0.3) is 5.91 Å². The van der Waals surface area contributed by atoms with E-state index in [2.05, 4.69) is 10.3 Å². The molecule has 1 aliphatic rings. The first-order valence-electron chi connectivity index (χ1n) is 8.65. The highest BCUT2D eigenvalue weighted by molar-refractivity contribution is 6.35. The molecule has 0 saturated heterocycles. The van der Waals surface area contributed by atoms with E-state index < -0.39 is 5.97 Å². The van der Waals surface area contributed by atoms with Crippen LogP contribution < -0.4 is 5.32 Å². The lowest BCUT2D eigenvalue weighted by molar-refractivity contribution is -0.110. The summed E-state index contributed by atoms with van der Waals surface area (Å²) in [5, 5.41) is 12.3. The molecule has 0 aliphatic carbocycles. The second kappa shape index (κ2) is 6.66. The van der Waals surface area contributed by atoms with Gasteiger partial charge in [0.1, 0.15) is 5.69 Å². The highest BCUT2D eigenvalue weighted by Gasteiger charge is 2.27. The molecule has 28 heavy (non-hydrogen) atoms. The average Bonchev–Trinajstić information content (AvgIpc) is 3.19. The first kappa shape index (κ1) is 17.5. The summed E-state index contributed by atoms with van der Waals surface area (Å²) in [6.45, 7) is 1.58. The molecule has 6 nitrogen and oxygen atoms in total. The zero-order valence-electron chi connectivity index (χ0n) is 14.9. The van der Waals surface area contributed by atoms with Gasteiger partial charge in [-0.1, -0.05) is 48.5 Å². The molecule has 3 N–H and O–H groups in total. The number of anilines is 1. The Morgan fingerprint density at radius 3 is 2.39 bits per heavy atom. The lowest BCUT2D eigenvalue weighted by atomic mass is 9.97. The van der Waals surface area contributed by atoms with Gasteiger partial charge >= 0.3 is 5.97 Å². The van der Waals surface area contributed by atoms with Gasteiger partial charge in [0.2, 0.25) is 0 Å². The van der Waals surface area contributed by atoms with E-state index in [0.29, 0.717) is 33.6 Å². The Labute approximate surface area is 160 Å². The molecule has 0 saturated carbocycles. The Kier molecular flexibility index (Phi) is 4.16. The summed E-state index contributed by atoms with van der Waals surface area (Å²) >= 11 is 0. The number of benzene rings is 2. The van der Waals surface area contributed by atoms with Crippen LogP contribution in [0, 0.1) is 6.92 Å². The number of hydrogen-bond donors (Lipinski definition) is 3. The summed E-state index contributed by atoms with van der Waals surface area (Å²) in [6, 6.07) is 15.8. The molecule has 1 aromatic heterocycles. The minimum atomic E-state index is -1.17. The summed E-state index contributed by atoms with van der Waals surface area (Å²) in [7, 11) is 0. The lowest BCUT2D eigenvalue weighted by Crippen LogP contribution is -2.06. The van der Waals surface area contributed by atoms with Crippen LogP contribution in [0.4, 0.5) is 5.69 Å². The Hall–Kier alpha value is -3.93. The Bertz CT molecular complexity index is 1160. The Morgan fingerprint density at radius 1 is 1.00 bits per heavy atom. The predicted molar refractivity (Wildman–Crippen MR) is 105 cm³/mol. The fourth-order valence-electron chi connectivity index (χ4n) is 3.39. The van der Waals surface area contributed by atoms with E-state index in [1.807, 2.05) is 12.1 Å². The number of para-hydroxylation sites is 1. The van der Waals surface area contributed by atoms with Crippen molar-refractivity contribution < 1.29 is 19.5 Å². The quantitative estimate of drug-likeness (QED) is 0.480. The number of H-pyrrole nitrogens is 1. The van der Waals surface area contributed by atoms with Crippen molar-refractivity contribution in [2.75, 3.05) is 5.32 Å². The molecule has 6 heteroatoms. The van der Waals surface area contributed by atoms with Crippen molar-refractivity contribution in [3.63, 3.8) is 0 Å². The fourth-order valence-corrected chi connectivity index (χ4v) is 3.39. The number of rotatable bonds is 4. The number of aromatic amines is 1. The number of nitrogens with one attached hydrogen (secondary N) is 2. The maximum Gasteiger partial charge on any atom is 0.352 e. The number of carboxylic acids is 1. The highest BCUT2D eigenvalue weighted by atomic mass is 16.4. The van der Waals surface area contributed by atoms with Crippen molar-refractivity contribution >= 4 is 35.0 Å². The van der Waals surface area contributed by atoms with Crippen molar-refractivity contribution in [3.05, 3.63) is 88.2 Å². The number of carbonyl (C=O) groups excluding carboxylic acids is 2. The molecule has 0 bridgehead atoms. The first-order chi connectivity index (χ1) is 13.5. The van der Waals surface area contributed by atoms with E-state index in [1.165, 1.54) is 6.08 Å². The molecule has 0 radical (unpaired) electrons. The third-order valence-corrected chi connectivity index (χ3v) is 4.75. The smallest absolute Gasteiger partial charge is 0.352 e. The summed E-state index contributed by atoms with van der Waals surface area (Å²) < 4.78 is 0. The third-order valence-electron chi connectivity index (χ3n) is 4.75. The molecule has 0 fully saturated rings. The van der Waals surface area contributed by atoms with Gasteiger partial charge in [-0.2, -0.15) is 0 Å². The molecule has 1 aliphatic heterocycles. The van der Waals surface area contributed by atoms with Crippen molar-refractivity contribution in [1.82, 2.24) is 4.98 Å². The van der Waals surface area contributed by atoms with E-state index in [9.17, 15) is 19.5 Å². The van der Waals surface area contributed by atoms with Gasteiger partial charge < -0.3 is 15.4 Å². The van der Waals surface area contributed by atoms with Crippen LogP contribution >= 0.6 is 0 Å². The van der Waals surface area contributed by atoms with E-state index >= 15 is 0 Å². The summed E-state index contributed by atoms with van der Waals surface area (Å²) in [6.07, 6.45) is 1.54. The van der Waals surface area contributed by atoms with Gasteiger partial charge in [0.15, 0.2) is 5.78 Å². The molecule has 2 aromatic carbocycles. The second-order valence-corrected chi connectivity index (χ2v) is 6.47. The number of carboxylic acid groups (broad SMARTS) is 1. The standard InChI is InChI=1S/C22H16N2O4/c1-12-18(20(25)13-7-3-2-4-8-13)17(23-19(12)22(27)28)11-15-14-9-5-6-10-16(14)24-21(15)26/h2-11,23H,1H3,(H,24,26)(H,27,28). The molecule has 0 spiro atoms. The van der Waals surface area contributed by atoms with Crippen LogP contribution in [-0.2, 0) is 4.79 Å². The van der Waals surface area contributed by atoms with Crippen LogP contribution in [-0.4, -0.2) is 27.8 Å². The minimum absolute atomic E-state index is 0.0715. The van der Waals surface area contributed by atoms with Gasteiger partial charge in [-0.3, -0.25) is 9.59 Å². The van der Waals surface area contributed by atoms with Gasteiger partial charge in [-0.05, 0) is 24.6 Å². The number of amides is 1. The first-order valence-corrected chi connectivity index (χ1v) is 8.65. The zero-order chi connectivity index (χ0) is 19.8. The number of hydrogen-bond acceptors (Lipinski definition) is 3. The SMILES string of the molecule is Cc1c(C(=O)O)[nH]c(C=C2C(=O)Nc3ccccc32)c1C(=O)c1ccccc1. The number of ketones is 1. The van der Waals surface area contributed by atoms with Crippen LogP contribution in [0.15, 0.2) is 54.6 Å². The van der Waals surface area contributed by atoms with E-state index in [0.717, 1.165) is 0 Å². The average molecular weight is 372 g/mol. The van der Waals surface area contributed by atoms with Crippen LogP contribution in [0.3, 0.4) is 0 Å². The maximum atomic E-state index is 13.1. The van der Waals surface area contributed by atoms with E-state index in [-0.39, 0.29) is 22.9 Å². The minimum Gasteiger partial charge on any atom is -0.477 e. The summed E-state index contributed by atoms with van der Waals surface area (Å²) in [5.74, 6) is -1.77. The van der Waals surface area contributed by atoms with Crippen LogP contribution in [0.2, 0.25) is 0 Å². The largest absolute Gasteiger partial charge is 0.477 e. The Balaban J connectivity index is 1.91. The normalized spacial score (nSPS) is 14.0. The van der Waals surface area contributed by atoms with Crippen molar-refractivity contribution in [2.24, 2.45) is 0 Å². The molecule has 0 atom stereocenters. The molecular formula is C22H16N2O4. The fraction of sp³-hybridized carbons (Fsp3) is 0.0455. The van der Waals surface area contributed by atoms with E-state index in [1.54, 1.807) is 49.4 Å². The number of aromatic carboxylic acids is 1. The van der Waals surface area contributed by atoms with Crippen molar-refractivity contribution in [3.8, 4) is 0 Å². The van der Waals surface area contributed by atoms with Gasteiger partial charge in [0.05, 0.1) is 16.8 Å². The summed E-state index contributed by atoms with van der Waals surface area (Å²) in [4.78, 5) is 39.9. The van der Waals surface area contributed by atoms with Gasteiger partial charge in [-0.25, -0.2) is 4.79 Å². The number of fused-ring (bicyclic) bond motifs is 1. The molecule has 138 valence electrons. The topological polar surface area (TPSA) is 99.3 Å². The molecular weight excluding hydrogens is 356 g/mol. The van der Waals surface area contributed by atoms with Crippen molar-refractivity contribution in [2.45, 2.75) is 6.92 Å². The monoisotopic (exact) mass is 372 g/mol. The number of aromatic nitrogens is 1. The molecule has 2 heterocycles. The van der Waals surface area contributed by atoms with E-state index in [4.69, 9.17) is 0 Å². The van der Waals surface area contributed by atoms with Crippen molar-refractivity contribution in [1.29, 1.82) is 0 Å². The third kappa shape index (κ3) is 2.81. The molecule has 1 amide bonds. The maximum absolute atomic E-state index is 13.1. The second-order valence-electron chi connectivity index (χ2n) is 6.47. The molecule has 3 aromatic rings. The Morgan fingerprint density at radius 2 is 1.68 bits per heavy atom. The van der Waals surface area contributed by atoms with Gasteiger partial charge in [-0.15, -0.1) is 0 Å². The summed E-state index contributed by atoms with van der Waals surface area (Å²) in [5.41, 5.74) is 3.00. The van der Waals surface area contributed by atoms with Gasteiger partial charge in [0, 0.05) is 16.8 Å². The molecule has 0 unspecified atom stereocenters. The lowest BCUT2D eigenvalue weighted by Gasteiger charge is -2.04. The zero-order valence-corrected chi connectivity index (χ0v) is 14.9. The highest BCUT2D eigenvalue weighted by Crippen LogP contribution is 2.34. The van der Waals surface area contributed by atoms with Crippen LogP contribution in [0.5, 0.6) is 0 Å². The molecule has 4 rings (SSSR count). The predicted octanol–water partition coefficient (Wildman–Crippen LogP) is 3.75. The van der Waals surface area contributed by atoms with Crippen LogP contribution in [0.25, 0.3) is 11.6 Å².